The first-order valence-electron chi connectivity index (χ1n) is 8.78. The minimum atomic E-state index is -0.546. The fraction of sp³-hybridized carbons (Fsp3) is 0.350. The van der Waals surface area contributed by atoms with Gasteiger partial charge in [-0.05, 0) is 43.0 Å². The van der Waals surface area contributed by atoms with Crippen LogP contribution < -0.4 is 10.8 Å². The first-order valence-corrected chi connectivity index (χ1v) is 8.78. The summed E-state index contributed by atoms with van der Waals surface area (Å²) in [6.07, 6.45) is 2.75. The first kappa shape index (κ1) is 17.5. The Morgan fingerprint density at radius 1 is 1.04 bits per heavy atom. The summed E-state index contributed by atoms with van der Waals surface area (Å²) in [7, 11) is 0. The maximum atomic E-state index is 12.3. The van der Waals surface area contributed by atoms with Crippen molar-refractivity contribution < 1.29 is 10.0 Å². The number of amides is 1. The normalized spacial score (nSPS) is 17.0. The molecule has 0 aliphatic carbocycles. The number of nitrogens with one attached hydrogen (secondary N) is 2. The molecule has 25 heavy (non-hydrogen) atoms. The summed E-state index contributed by atoms with van der Waals surface area (Å²) < 4.78 is 0. The second-order valence-corrected chi connectivity index (χ2v) is 6.51. The number of benzene rings is 2. The van der Waals surface area contributed by atoms with Crippen molar-refractivity contribution in [3.63, 3.8) is 0 Å². The van der Waals surface area contributed by atoms with Crippen LogP contribution in [0, 0.1) is 0 Å². The Balaban J connectivity index is 1.83. The molecule has 132 valence electrons. The van der Waals surface area contributed by atoms with Crippen LogP contribution in [0.5, 0.6) is 0 Å². The zero-order valence-electron chi connectivity index (χ0n) is 14.5. The predicted molar refractivity (Wildman–Crippen MR) is 98.5 cm³/mol. The third-order valence-electron chi connectivity index (χ3n) is 4.79. The van der Waals surface area contributed by atoms with Gasteiger partial charge >= 0.3 is 0 Å². The summed E-state index contributed by atoms with van der Waals surface area (Å²) in [4.78, 5) is 14.7. The molecule has 2 aromatic carbocycles. The van der Waals surface area contributed by atoms with E-state index < -0.39 is 11.8 Å². The molecule has 1 fully saturated rings. The molecule has 1 aliphatic heterocycles. The lowest BCUT2D eigenvalue weighted by Gasteiger charge is -2.26. The number of rotatable bonds is 6. The van der Waals surface area contributed by atoms with Crippen LogP contribution in [0.25, 0.3) is 0 Å². The Kier molecular flexibility index (Phi) is 5.68. The van der Waals surface area contributed by atoms with Crippen LogP contribution in [0.4, 0.5) is 5.69 Å². The van der Waals surface area contributed by atoms with E-state index in [-0.39, 0.29) is 6.17 Å². The SMILES string of the molecule is CC(Nc1cccc(C(C(=O)NO)c2ccccc2)c1)N1CCCC1. The molecule has 0 spiro atoms. The Labute approximate surface area is 148 Å². The average molecular weight is 339 g/mol. The molecule has 1 amide bonds. The molecule has 0 saturated carbocycles. The maximum absolute atomic E-state index is 12.3. The van der Waals surface area contributed by atoms with E-state index in [1.807, 2.05) is 54.6 Å². The van der Waals surface area contributed by atoms with Crippen molar-refractivity contribution in [1.82, 2.24) is 10.4 Å². The highest BCUT2D eigenvalue weighted by molar-refractivity contribution is 5.86. The van der Waals surface area contributed by atoms with Crippen LogP contribution in [0.2, 0.25) is 0 Å². The molecule has 1 heterocycles. The van der Waals surface area contributed by atoms with Gasteiger partial charge in [0.2, 0.25) is 0 Å². The highest BCUT2D eigenvalue weighted by atomic mass is 16.5. The van der Waals surface area contributed by atoms with E-state index in [1.165, 1.54) is 12.8 Å². The summed E-state index contributed by atoms with van der Waals surface area (Å²) in [5.41, 5.74) is 4.46. The Hall–Kier alpha value is -2.37. The van der Waals surface area contributed by atoms with Crippen LogP contribution in [0.1, 0.15) is 36.8 Å². The number of hydrogen-bond donors (Lipinski definition) is 3. The smallest absolute Gasteiger partial charge is 0.255 e. The van der Waals surface area contributed by atoms with Crippen molar-refractivity contribution in [3.8, 4) is 0 Å². The minimum absolute atomic E-state index is 0.250. The third kappa shape index (κ3) is 4.18. The van der Waals surface area contributed by atoms with Crippen LogP contribution in [0.15, 0.2) is 54.6 Å². The van der Waals surface area contributed by atoms with E-state index in [0.717, 1.165) is 29.9 Å². The lowest BCUT2D eigenvalue weighted by atomic mass is 9.90. The van der Waals surface area contributed by atoms with Gasteiger partial charge in [0.1, 0.15) is 0 Å². The summed E-state index contributed by atoms with van der Waals surface area (Å²) in [5.74, 6) is -0.981. The number of hydrogen-bond acceptors (Lipinski definition) is 4. The van der Waals surface area contributed by atoms with Crippen LogP contribution in [-0.2, 0) is 4.79 Å². The molecule has 1 aliphatic rings. The van der Waals surface area contributed by atoms with Gasteiger partial charge in [-0.25, -0.2) is 5.48 Å². The number of likely N-dealkylation sites (tertiary alicyclic amines) is 1. The highest BCUT2D eigenvalue weighted by Crippen LogP contribution is 2.27. The maximum Gasteiger partial charge on any atom is 0.255 e. The number of anilines is 1. The Morgan fingerprint density at radius 3 is 2.40 bits per heavy atom. The van der Waals surface area contributed by atoms with E-state index >= 15 is 0 Å². The molecule has 5 nitrogen and oxygen atoms in total. The standard InChI is InChI=1S/C20H25N3O2/c1-15(23-12-5-6-13-23)21-18-11-7-10-17(14-18)19(20(24)22-25)16-8-3-2-4-9-16/h2-4,7-11,14-15,19,21,25H,5-6,12-13H2,1H3,(H,22,24). The zero-order valence-corrected chi connectivity index (χ0v) is 14.5. The van der Waals surface area contributed by atoms with Gasteiger partial charge in [0.25, 0.3) is 5.91 Å². The molecule has 1 saturated heterocycles. The highest BCUT2D eigenvalue weighted by Gasteiger charge is 2.23. The largest absolute Gasteiger partial charge is 0.370 e. The summed E-state index contributed by atoms with van der Waals surface area (Å²) in [6, 6.07) is 17.3. The quantitative estimate of drug-likeness (QED) is 0.559. The van der Waals surface area contributed by atoms with Gasteiger partial charge in [0.05, 0.1) is 12.1 Å². The molecule has 5 heteroatoms. The number of carbonyl (C=O) groups excluding carboxylic acids is 1. The van der Waals surface area contributed by atoms with Crippen molar-refractivity contribution in [2.45, 2.75) is 31.8 Å². The van der Waals surface area contributed by atoms with Crippen molar-refractivity contribution in [3.05, 3.63) is 65.7 Å². The fourth-order valence-electron chi connectivity index (χ4n) is 3.47. The molecule has 2 aromatic rings. The van der Waals surface area contributed by atoms with Crippen molar-refractivity contribution >= 4 is 11.6 Å². The van der Waals surface area contributed by atoms with Crippen LogP contribution in [-0.4, -0.2) is 35.3 Å². The third-order valence-corrected chi connectivity index (χ3v) is 4.79. The van der Waals surface area contributed by atoms with Gasteiger partial charge in [0, 0.05) is 18.8 Å². The van der Waals surface area contributed by atoms with Crippen LogP contribution in [0.3, 0.4) is 0 Å². The van der Waals surface area contributed by atoms with Gasteiger partial charge in [-0.1, -0.05) is 42.5 Å². The van der Waals surface area contributed by atoms with E-state index in [0.29, 0.717) is 0 Å². The van der Waals surface area contributed by atoms with Crippen molar-refractivity contribution in [1.29, 1.82) is 0 Å². The summed E-state index contributed by atoms with van der Waals surface area (Å²) >= 11 is 0. The summed E-state index contributed by atoms with van der Waals surface area (Å²) in [5, 5.41) is 12.7. The molecule has 0 aromatic heterocycles. The molecule has 2 atom stereocenters. The second kappa shape index (κ2) is 8.14. The predicted octanol–water partition coefficient (Wildman–Crippen LogP) is 3.18. The van der Waals surface area contributed by atoms with E-state index in [1.54, 1.807) is 5.48 Å². The number of carbonyl (C=O) groups is 1. The molecule has 2 unspecified atom stereocenters. The molecular weight excluding hydrogens is 314 g/mol. The second-order valence-electron chi connectivity index (χ2n) is 6.51. The molecule has 3 rings (SSSR count). The molecule has 3 N–H and O–H groups in total. The average Bonchev–Trinajstić information content (AvgIpc) is 3.18. The lowest BCUT2D eigenvalue weighted by Crippen LogP contribution is -2.36. The molecule has 0 radical (unpaired) electrons. The van der Waals surface area contributed by atoms with Gasteiger partial charge in [-0.2, -0.15) is 0 Å². The number of hydroxylamine groups is 1. The van der Waals surface area contributed by atoms with Gasteiger partial charge in [0.15, 0.2) is 0 Å². The Bertz CT molecular complexity index is 699. The van der Waals surface area contributed by atoms with Gasteiger partial charge < -0.3 is 5.32 Å². The monoisotopic (exact) mass is 339 g/mol. The van der Waals surface area contributed by atoms with Crippen molar-refractivity contribution in [2.24, 2.45) is 0 Å². The van der Waals surface area contributed by atoms with E-state index in [9.17, 15) is 4.79 Å². The van der Waals surface area contributed by atoms with Gasteiger partial charge in [-0.3, -0.25) is 14.9 Å². The first-order chi connectivity index (χ1) is 12.2. The van der Waals surface area contributed by atoms with Crippen molar-refractivity contribution in [2.75, 3.05) is 18.4 Å². The minimum Gasteiger partial charge on any atom is -0.370 e. The van der Waals surface area contributed by atoms with E-state index in [4.69, 9.17) is 5.21 Å². The molecule has 0 bridgehead atoms. The van der Waals surface area contributed by atoms with E-state index in [2.05, 4.69) is 17.1 Å². The lowest BCUT2D eigenvalue weighted by molar-refractivity contribution is -0.129. The van der Waals surface area contributed by atoms with Crippen LogP contribution >= 0.6 is 0 Å². The fourth-order valence-corrected chi connectivity index (χ4v) is 3.47. The summed E-state index contributed by atoms with van der Waals surface area (Å²) in [6.45, 7) is 4.40. The topological polar surface area (TPSA) is 64.6 Å². The molecular formula is C20H25N3O2. The zero-order chi connectivity index (χ0) is 17.6. The number of nitrogens with zero attached hydrogens (tertiary/aromatic N) is 1. The Morgan fingerprint density at radius 2 is 1.72 bits per heavy atom. The van der Waals surface area contributed by atoms with Gasteiger partial charge in [-0.15, -0.1) is 0 Å².